The highest BCUT2D eigenvalue weighted by molar-refractivity contribution is 4.92. The molecular formula is C12H23F3N2. The van der Waals surface area contributed by atoms with Crippen LogP contribution in [0.4, 0.5) is 13.2 Å². The monoisotopic (exact) mass is 252 g/mol. The van der Waals surface area contributed by atoms with Crippen LogP contribution in [0.3, 0.4) is 0 Å². The van der Waals surface area contributed by atoms with E-state index >= 15 is 0 Å². The van der Waals surface area contributed by atoms with Crippen LogP contribution >= 0.6 is 0 Å². The fourth-order valence-electron chi connectivity index (χ4n) is 3.19. The quantitative estimate of drug-likeness (QED) is 0.836. The summed E-state index contributed by atoms with van der Waals surface area (Å²) in [6.07, 6.45) is -2.35. The van der Waals surface area contributed by atoms with Gasteiger partial charge < -0.3 is 5.73 Å². The Hall–Kier alpha value is -0.290. The minimum atomic E-state index is -4.14. The van der Waals surface area contributed by atoms with E-state index in [0.29, 0.717) is 12.5 Å². The van der Waals surface area contributed by atoms with Gasteiger partial charge in [0.2, 0.25) is 0 Å². The van der Waals surface area contributed by atoms with Crippen LogP contribution in [-0.4, -0.2) is 36.2 Å². The molecule has 0 bridgehead atoms. The summed E-state index contributed by atoms with van der Waals surface area (Å²) in [5, 5.41) is 0. The number of alkyl halides is 3. The first kappa shape index (κ1) is 14.8. The number of halogens is 3. The molecule has 1 saturated carbocycles. The normalized spacial score (nSPS) is 35.3. The van der Waals surface area contributed by atoms with Gasteiger partial charge in [0.15, 0.2) is 0 Å². The summed E-state index contributed by atoms with van der Waals surface area (Å²) < 4.78 is 37.5. The maximum atomic E-state index is 12.5. The number of nitrogens with two attached hydrogens (primary N) is 1. The van der Waals surface area contributed by atoms with Gasteiger partial charge in [-0.1, -0.05) is 20.8 Å². The minimum absolute atomic E-state index is 0.141. The van der Waals surface area contributed by atoms with Crippen LogP contribution in [0, 0.1) is 11.8 Å². The molecule has 4 atom stereocenters. The number of nitrogens with zero attached hydrogens (tertiary/aromatic N) is 1. The molecule has 102 valence electrons. The Balaban J connectivity index is 2.73. The zero-order chi connectivity index (χ0) is 13.2. The van der Waals surface area contributed by atoms with Gasteiger partial charge in [0.25, 0.3) is 0 Å². The van der Waals surface area contributed by atoms with Crippen LogP contribution in [0.25, 0.3) is 0 Å². The Labute approximate surface area is 101 Å². The molecule has 0 aromatic carbocycles. The third-order valence-corrected chi connectivity index (χ3v) is 3.68. The van der Waals surface area contributed by atoms with Crippen molar-refractivity contribution in [2.24, 2.45) is 17.6 Å². The molecule has 1 aliphatic carbocycles. The average molecular weight is 252 g/mol. The largest absolute Gasteiger partial charge is 0.401 e. The van der Waals surface area contributed by atoms with E-state index in [1.807, 2.05) is 6.92 Å². The second kappa shape index (κ2) is 5.57. The topological polar surface area (TPSA) is 29.3 Å². The van der Waals surface area contributed by atoms with Gasteiger partial charge in [-0.3, -0.25) is 4.90 Å². The fourth-order valence-corrected chi connectivity index (χ4v) is 3.19. The Bertz CT molecular complexity index is 230. The Kier molecular flexibility index (Phi) is 4.84. The molecule has 4 unspecified atom stereocenters. The second-order valence-electron chi connectivity index (χ2n) is 5.39. The molecule has 0 spiro atoms. The van der Waals surface area contributed by atoms with Gasteiger partial charge in [0, 0.05) is 12.1 Å². The molecule has 0 amide bonds. The number of hydrogen-bond acceptors (Lipinski definition) is 2. The van der Waals surface area contributed by atoms with Crippen molar-refractivity contribution in [1.82, 2.24) is 4.90 Å². The van der Waals surface area contributed by atoms with Crippen LogP contribution in [0.2, 0.25) is 0 Å². The van der Waals surface area contributed by atoms with Crippen LogP contribution < -0.4 is 5.73 Å². The zero-order valence-electron chi connectivity index (χ0n) is 10.8. The van der Waals surface area contributed by atoms with Gasteiger partial charge in [-0.05, 0) is 31.2 Å². The Morgan fingerprint density at radius 3 is 2.24 bits per heavy atom. The van der Waals surface area contributed by atoms with Crippen molar-refractivity contribution in [2.45, 2.75) is 51.9 Å². The first-order valence-corrected chi connectivity index (χ1v) is 6.31. The fraction of sp³-hybridized carbons (Fsp3) is 1.00. The summed E-state index contributed by atoms with van der Waals surface area (Å²) in [4.78, 5) is 1.49. The van der Waals surface area contributed by atoms with Gasteiger partial charge in [-0.2, -0.15) is 13.2 Å². The third-order valence-electron chi connectivity index (χ3n) is 3.68. The van der Waals surface area contributed by atoms with Crippen molar-refractivity contribution in [3.63, 3.8) is 0 Å². The first-order chi connectivity index (χ1) is 7.74. The molecule has 0 aliphatic heterocycles. The molecule has 0 saturated heterocycles. The minimum Gasteiger partial charge on any atom is -0.326 e. The van der Waals surface area contributed by atoms with Crippen LogP contribution in [0.5, 0.6) is 0 Å². The summed E-state index contributed by atoms with van der Waals surface area (Å²) >= 11 is 0. The molecular weight excluding hydrogens is 229 g/mol. The predicted octanol–water partition coefficient (Wildman–Crippen LogP) is 2.63. The van der Waals surface area contributed by atoms with E-state index in [9.17, 15) is 13.2 Å². The molecule has 0 aromatic heterocycles. The maximum Gasteiger partial charge on any atom is 0.401 e. The molecule has 0 aromatic rings. The van der Waals surface area contributed by atoms with Gasteiger partial charge in [-0.25, -0.2) is 0 Å². The van der Waals surface area contributed by atoms with Gasteiger partial charge in [0.1, 0.15) is 0 Å². The highest BCUT2D eigenvalue weighted by atomic mass is 19.4. The van der Waals surface area contributed by atoms with Crippen LogP contribution in [0.15, 0.2) is 0 Å². The molecule has 0 heterocycles. The van der Waals surface area contributed by atoms with Crippen molar-refractivity contribution >= 4 is 0 Å². The number of likely N-dealkylation sites (N-methyl/N-ethyl adjacent to an activating group) is 1. The summed E-state index contributed by atoms with van der Waals surface area (Å²) in [7, 11) is 0. The summed E-state index contributed by atoms with van der Waals surface area (Å²) in [5.41, 5.74) is 6.05. The average Bonchev–Trinajstić information content (AvgIpc) is 2.12. The maximum absolute atomic E-state index is 12.5. The van der Waals surface area contributed by atoms with E-state index in [1.165, 1.54) is 4.90 Å². The van der Waals surface area contributed by atoms with Crippen LogP contribution in [-0.2, 0) is 0 Å². The predicted molar refractivity (Wildman–Crippen MR) is 62.6 cm³/mol. The molecule has 5 heteroatoms. The lowest BCUT2D eigenvalue weighted by molar-refractivity contribution is -0.155. The zero-order valence-corrected chi connectivity index (χ0v) is 10.8. The Morgan fingerprint density at radius 1 is 1.24 bits per heavy atom. The van der Waals surface area contributed by atoms with E-state index in [0.717, 1.165) is 12.8 Å². The van der Waals surface area contributed by atoms with Gasteiger partial charge in [0.05, 0.1) is 6.54 Å². The van der Waals surface area contributed by atoms with E-state index in [1.54, 1.807) is 6.92 Å². The van der Waals surface area contributed by atoms with E-state index in [2.05, 4.69) is 6.92 Å². The van der Waals surface area contributed by atoms with Crippen molar-refractivity contribution in [3.8, 4) is 0 Å². The van der Waals surface area contributed by atoms with Crippen molar-refractivity contribution < 1.29 is 13.2 Å². The SMILES string of the molecule is CCN(CC(F)(F)F)C1C(C)CC(C)CC1N. The molecule has 1 aliphatic rings. The van der Waals surface area contributed by atoms with Crippen LogP contribution in [0.1, 0.15) is 33.6 Å². The van der Waals surface area contributed by atoms with Gasteiger partial charge in [-0.15, -0.1) is 0 Å². The van der Waals surface area contributed by atoms with Crippen molar-refractivity contribution in [1.29, 1.82) is 0 Å². The molecule has 1 rings (SSSR count). The summed E-state index contributed by atoms with van der Waals surface area (Å²) in [6.45, 7) is 5.45. The Morgan fingerprint density at radius 2 is 1.82 bits per heavy atom. The number of rotatable bonds is 3. The molecule has 1 fully saturated rings. The lowest BCUT2D eigenvalue weighted by Gasteiger charge is -2.44. The summed E-state index contributed by atoms with van der Waals surface area (Å²) in [5.74, 6) is 0.747. The smallest absolute Gasteiger partial charge is 0.326 e. The molecule has 0 radical (unpaired) electrons. The van der Waals surface area contributed by atoms with Crippen molar-refractivity contribution in [2.75, 3.05) is 13.1 Å². The lowest BCUT2D eigenvalue weighted by Crippen LogP contribution is -2.56. The van der Waals surface area contributed by atoms with E-state index in [-0.39, 0.29) is 18.0 Å². The number of hydrogen-bond donors (Lipinski definition) is 1. The first-order valence-electron chi connectivity index (χ1n) is 6.31. The standard InChI is InChI=1S/C12H23F3N2/c1-4-17(7-12(13,14)15)11-9(3)5-8(2)6-10(11)16/h8-11H,4-7,16H2,1-3H3. The lowest BCUT2D eigenvalue weighted by atomic mass is 9.76. The second-order valence-corrected chi connectivity index (χ2v) is 5.39. The van der Waals surface area contributed by atoms with E-state index < -0.39 is 12.7 Å². The third kappa shape index (κ3) is 4.14. The van der Waals surface area contributed by atoms with Crippen molar-refractivity contribution in [3.05, 3.63) is 0 Å². The van der Waals surface area contributed by atoms with Gasteiger partial charge >= 0.3 is 6.18 Å². The molecule has 2 N–H and O–H groups in total. The highest BCUT2D eigenvalue weighted by Crippen LogP contribution is 2.32. The molecule has 17 heavy (non-hydrogen) atoms. The molecule has 2 nitrogen and oxygen atoms in total. The summed E-state index contributed by atoms with van der Waals surface area (Å²) in [6, 6.07) is -0.283. The van der Waals surface area contributed by atoms with E-state index in [4.69, 9.17) is 5.73 Å². The highest BCUT2D eigenvalue weighted by Gasteiger charge is 2.40.